The fourth-order valence-electron chi connectivity index (χ4n) is 4.99. The molecule has 6 heteroatoms. The number of likely N-dealkylation sites (N-methyl/N-ethyl adjacent to an activating group) is 1. The highest BCUT2D eigenvalue weighted by molar-refractivity contribution is 5.82. The Balaban J connectivity index is 1.56. The normalized spacial score (nSPS) is 15.4. The summed E-state index contributed by atoms with van der Waals surface area (Å²) in [5.41, 5.74) is 3.46. The molecule has 0 radical (unpaired) electrons. The lowest BCUT2D eigenvalue weighted by atomic mass is 9.95. The van der Waals surface area contributed by atoms with Crippen LogP contribution in [0.4, 0.5) is 10.1 Å². The molecular weight excluding hydrogens is 427 g/mol. The van der Waals surface area contributed by atoms with Gasteiger partial charge in [-0.1, -0.05) is 52.0 Å². The molecule has 1 unspecified atom stereocenters. The van der Waals surface area contributed by atoms with Crippen LogP contribution in [0.15, 0.2) is 41.2 Å². The van der Waals surface area contributed by atoms with Crippen molar-refractivity contribution in [1.29, 1.82) is 0 Å². The largest absolute Gasteiger partial charge is 0.381 e. The van der Waals surface area contributed by atoms with E-state index in [0.29, 0.717) is 35.6 Å². The van der Waals surface area contributed by atoms with Gasteiger partial charge in [0.05, 0.1) is 16.6 Å². The van der Waals surface area contributed by atoms with Gasteiger partial charge in [-0.25, -0.2) is 9.37 Å². The lowest BCUT2D eigenvalue weighted by Crippen LogP contribution is -2.28. The molecule has 0 spiro atoms. The fourth-order valence-corrected chi connectivity index (χ4v) is 4.99. The third kappa shape index (κ3) is 5.33. The Bertz CT molecular complexity index is 1180. The number of hydrogen-bond donors (Lipinski definition) is 1. The van der Waals surface area contributed by atoms with Gasteiger partial charge >= 0.3 is 0 Å². The molecule has 0 bridgehead atoms. The zero-order valence-electron chi connectivity index (χ0n) is 20.9. The minimum atomic E-state index is -0.400. The molecule has 1 atom stereocenters. The van der Waals surface area contributed by atoms with Crippen molar-refractivity contribution in [3.05, 3.63) is 69.5 Å². The van der Waals surface area contributed by atoms with Crippen LogP contribution in [-0.2, 0) is 19.4 Å². The molecule has 0 saturated carbocycles. The topological polar surface area (TPSA) is 50.2 Å². The maximum Gasteiger partial charge on any atom is 0.261 e. The van der Waals surface area contributed by atoms with E-state index in [0.717, 1.165) is 44.7 Å². The number of rotatable bonds is 10. The zero-order chi connectivity index (χ0) is 24.2. The van der Waals surface area contributed by atoms with Gasteiger partial charge in [-0.05, 0) is 61.5 Å². The van der Waals surface area contributed by atoms with Crippen LogP contribution in [0.1, 0.15) is 57.0 Å². The Morgan fingerprint density at radius 3 is 2.53 bits per heavy atom. The Morgan fingerprint density at radius 2 is 1.85 bits per heavy atom. The average Bonchev–Trinajstić information content (AvgIpc) is 3.21. The molecule has 0 aliphatic carbocycles. The number of nitrogens with zero attached hydrogens (tertiary/aromatic N) is 3. The summed E-state index contributed by atoms with van der Waals surface area (Å²) >= 11 is 0. The van der Waals surface area contributed by atoms with Crippen molar-refractivity contribution in [2.24, 2.45) is 5.92 Å². The van der Waals surface area contributed by atoms with Crippen molar-refractivity contribution in [2.45, 2.75) is 59.4 Å². The Hall–Kier alpha value is -2.73. The smallest absolute Gasteiger partial charge is 0.261 e. The number of hydrogen-bond acceptors (Lipinski definition) is 4. The molecular formula is C28H37FN4O. The Kier molecular flexibility index (Phi) is 7.67. The van der Waals surface area contributed by atoms with Crippen LogP contribution < -0.4 is 10.9 Å². The Labute approximate surface area is 202 Å². The molecule has 0 fully saturated rings. The SMILES string of the molecule is CCN(CC)CCNc1cc2nc3n(c(=O)c2cc1F)CCC3Cc1ccc(CC(C)C)cc1. The molecule has 0 saturated heterocycles. The highest BCUT2D eigenvalue weighted by atomic mass is 19.1. The summed E-state index contributed by atoms with van der Waals surface area (Å²) in [5.74, 6) is 1.25. The summed E-state index contributed by atoms with van der Waals surface area (Å²) in [4.78, 5) is 20.3. The highest BCUT2D eigenvalue weighted by Crippen LogP contribution is 2.31. The van der Waals surface area contributed by atoms with Gasteiger partial charge < -0.3 is 10.2 Å². The van der Waals surface area contributed by atoms with Gasteiger partial charge in [0, 0.05) is 25.6 Å². The van der Waals surface area contributed by atoms with Crippen LogP contribution in [0.5, 0.6) is 0 Å². The van der Waals surface area contributed by atoms with E-state index in [1.165, 1.54) is 17.2 Å². The number of benzene rings is 2. The van der Waals surface area contributed by atoms with Crippen molar-refractivity contribution < 1.29 is 4.39 Å². The van der Waals surface area contributed by atoms with Crippen molar-refractivity contribution in [1.82, 2.24) is 14.5 Å². The number of anilines is 1. The van der Waals surface area contributed by atoms with Crippen LogP contribution in [0.2, 0.25) is 0 Å². The van der Waals surface area contributed by atoms with E-state index in [1.54, 1.807) is 10.6 Å². The lowest BCUT2D eigenvalue weighted by Gasteiger charge is -2.18. The first kappa shape index (κ1) is 24.4. The summed E-state index contributed by atoms with van der Waals surface area (Å²) in [6, 6.07) is 11.9. The maximum atomic E-state index is 14.8. The van der Waals surface area contributed by atoms with Gasteiger partial charge in [0.25, 0.3) is 5.56 Å². The van der Waals surface area contributed by atoms with E-state index >= 15 is 0 Å². The maximum absolute atomic E-state index is 14.8. The molecule has 1 N–H and O–H groups in total. The molecule has 0 amide bonds. The number of nitrogens with one attached hydrogen (secondary N) is 1. The van der Waals surface area contributed by atoms with Gasteiger partial charge in [0.15, 0.2) is 0 Å². The number of aromatic nitrogens is 2. The minimum Gasteiger partial charge on any atom is -0.381 e. The van der Waals surface area contributed by atoms with E-state index in [2.05, 4.69) is 62.2 Å². The van der Waals surface area contributed by atoms with Crippen molar-refractivity contribution in [3.8, 4) is 0 Å². The van der Waals surface area contributed by atoms with Gasteiger partial charge in [-0.2, -0.15) is 0 Å². The summed E-state index contributed by atoms with van der Waals surface area (Å²) in [5, 5.41) is 3.55. The first-order valence-corrected chi connectivity index (χ1v) is 12.7. The average molecular weight is 465 g/mol. The van der Waals surface area contributed by atoms with Gasteiger partial charge in [0.1, 0.15) is 11.6 Å². The molecule has 1 aromatic heterocycles. The van der Waals surface area contributed by atoms with Crippen molar-refractivity contribution in [3.63, 3.8) is 0 Å². The van der Waals surface area contributed by atoms with Gasteiger partial charge in [-0.3, -0.25) is 9.36 Å². The van der Waals surface area contributed by atoms with E-state index in [1.807, 2.05) is 0 Å². The summed E-state index contributed by atoms with van der Waals surface area (Å²) in [6.45, 7) is 12.7. The van der Waals surface area contributed by atoms with E-state index in [9.17, 15) is 9.18 Å². The van der Waals surface area contributed by atoms with Crippen LogP contribution in [-0.4, -0.2) is 40.6 Å². The second kappa shape index (κ2) is 10.7. The van der Waals surface area contributed by atoms with E-state index in [4.69, 9.17) is 4.98 Å². The predicted molar refractivity (Wildman–Crippen MR) is 138 cm³/mol. The minimum absolute atomic E-state index is 0.136. The van der Waals surface area contributed by atoms with Crippen LogP contribution in [0.3, 0.4) is 0 Å². The number of fused-ring (bicyclic) bond motifs is 2. The molecule has 3 aromatic rings. The standard InChI is InChI=1S/C28H37FN4O/c1-5-32(6-2)14-12-30-26-18-25-23(17-24(26)29)28(34)33-13-11-22(27(33)31-25)16-21-9-7-20(8-10-21)15-19(3)4/h7-10,17-19,22,30H,5-6,11-16H2,1-4H3. The number of halogens is 1. The first-order chi connectivity index (χ1) is 16.4. The molecule has 2 heterocycles. The quantitative estimate of drug-likeness (QED) is 0.447. The lowest BCUT2D eigenvalue weighted by molar-refractivity contribution is 0.316. The van der Waals surface area contributed by atoms with E-state index in [-0.39, 0.29) is 11.5 Å². The summed E-state index contributed by atoms with van der Waals surface area (Å²) < 4.78 is 16.5. The third-order valence-corrected chi connectivity index (χ3v) is 6.93. The first-order valence-electron chi connectivity index (χ1n) is 12.7. The predicted octanol–water partition coefficient (Wildman–Crippen LogP) is 5.22. The second-order valence-electron chi connectivity index (χ2n) is 9.83. The second-order valence-corrected chi connectivity index (χ2v) is 9.83. The third-order valence-electron chi connectivity index (χ3n) is 6.93. The van der Waals surface area contributed by atoms with E-state index < -0.39 is 5.82 Å². The fraction of sp³-hybridized carbons (Fsp3) is 0.500. The monoisotopic (exact) mass is 464 g/mol. The highest BCUT2D eigenvalue weighted by Gasteiger charge is 2.27. The van der Waals surface area contributed by atoms with Crippen molar-refractivity contribution in [2.75, 3.05) is 31.5 Å². The van der Waals surface area contributed by atoms with Crippen LogP contribution in [0, 0.1) is 11.7 Å². The van der Waals surface area contributed by atoms with Crippen LogP contribution >= 0.6 is 0 Å². The molecule has 5 nitrogen and oxygen atoms in total. The Morgan fingerprint density at radius 1 is 1.15 bits per heavy atom. The summed E-state index contributed by atoms with van der Waals surface area (Å²) in [6.07, 6.45) is 2.82. The molecule has 1 aliphatic rings. The zero-order valence-corrected chi connectivity index (χ0v) is 20.9. The molecule has 4 rings (SSSR count). The molecule has 2 aromatic carbocycles. The molecule has 34 heavy (non-hydrogen) atoms. The molecule has 1 aliphatic heterocycles. The van der Waals surface area contributed by atoms with Crippen LogP contribution in [0.25, 0.3) is 10.9 Å². The molecule has 182 valence electrons. The van der Waals surface area contributed by atoms with Gasteiger partial charge in [-0.15, -0.1) is 0 Å². The summed E-state index contributed by atoms with van der Waals surface area (Å²) in [7, 11) is 0. The van der Waals surface area contributed by atoms with Crippen molar-refractivity contribution >= 4 is 16.6 Å². The van der Waals surface area contributed by atoms with Gasteiger partial charge in [0.2, 0.25) is 0 Å².